The predicted molar refractivity (Wildman–Crippen MR) is 201 cm³/mol. The summed E-state index contributed by atoms with van der Waals surface area (Å²) in [5, 5.41) is 5.57. The van der Waals surface area contributed by atoms with E-state index in [1.54, 1.807) is 11.3 Å². The third kappa shape index (κ3) is 4.27. The molecule has 7 aromatic carbocycles. The summed E-state index contributed by atoms with van der Waals surface area (Å²) < 4.78 is 8.87. The quantitative estimate of drug-likeness (QED) is 0.194. The summed E-state index contributed by atoms with van der Waals surface area (Å²) in [5.74, 6) is 0.702. The van der Waals surface area contributed by atoms with Gasteiger partial charge in [-0.2, -0.15) is 0 Å². The minimum Gasteiger partial charge on any atom is -0.455 e. The van der Waals surface area contributed by atoms with Gasteiger partial charge in [0.05, 0.1) is 15.9 Å². The first-order valence-corrected chi connectivity index (χ1v) is 16.9. The number of fused-ring (bicyclic) bond motifs is 8. The van der Waals surface area contributed by atoms with Gasteiger partial charge < -0.3 is 4.42 Å². The van der Waals surface area contributed by atoms with E-state index in [-0.39, 0.29) is 0 Å². The number of benzene rings is 7. The van der Waals surface area contributed by atoms with E-state index in [0.717, 1.165) is 59.7 Å². The molecule has 3 heterocycles. The van der Waals surface area contributed by atoms with Gasteiger partial charge in [0.15, 0.2) is 5.82 Å². The van der Waals surface area contributed by atoms with Crippen molar-refractivity contribution in [2.75, 3.05) is 0 Å². The molecular formula is C44H26N2OS. The Labute approximate surface area is 280 Å². The Bertz CT molecular complexity index is 2820. The van der Waals surface area contributed by atoms with Gasteiger partial charge in [-0.15, -0.1) is 11.3 Å². The summed E-state index contributed by atoms with van der Waals surface area (Å²) in [5.41, 5.74) is 10.5. The summed E-state index contributed by atoms with van der Waals surface area (Å²) in [7, 11) is 0. The molecule has 0 aliphatic rings. The number of rotatable bonds is 4. The van der Waals surface area contributed by atoms with Gasteiger partial charge in [0.1, 0.15) is 11.2 Å². The minimum absolute atomic E-state index is 0.702. The second-order valence-corrected chi connectivity index (χ2v) is 13.2. The normalized spacial score (nSPS) is 11.8. The highest BCUT2D eigenvalue weighted by molar-refractivity contribution is 7.26. The number of aromatic nitrogens is 2. The molecule has 10 rings (SSSR count). The maximum atomic E-state index is 6.56. The standard InChI is InChI=1S/C44H26N2OS/c1-3-11-27(12-4-1)28-19-21-30(22-20-28)40-43-41(34-17-9-10-18-39(34)48-43)46-44(45-40)31-23-24-38-36(25-31)37-26-35(29-13-5-2-6-14-29)32-15-7-8-16-33(32)42(37)47-38/h1-26H. The van der Waals surface area contributed by atoms with Crippen LogP contribution in [0.4, 0.5) is 0 Å². The molecule has 0 spiro atoms. The monoisotopic (exact) mass is 630 g/mol. The molecule has 0 unspecified atom stereocenters. The first-order chi connectivity index (χ1) is 23.8. The fourth-order valence-electron chi connectivity index (χ4n) is 6.96. The van der Waals surface area contributed by atoms with Gasteiger partial charge in [0.2, 0.25) is 0 Å². The number of nitrogens with zero attached hydrogens (tertiary/aromatic N) is 2. The van der Waals surface area contributed by atoms with E-state index in [0.29, 0.717) is 5.82 Å². The lowest BCUT2D eigenvalue weighted by Crippen LogP contribution is -1.93. The van der Waals surface area contributed by atoms with Gasteiger partial charge in [-0.3, -0.25) is 0 Å². The SMILES string of the molecule is c1ccc(-c2ccc(-c3nc(-c4ccc5oc6c7ccccc7c(-c7ccccc7)cc6c5c4)nc4c3sc3ccccc34)cc2)cc1. The highest BCUT2D eigenvalue weighted by Crippen LogP contribution is 2.42. The van der Waals surface area contributed by atoms with Crippen LogP contribution in [0.3, 0.4) is 0 Å². The number of hydrogen-bond acceptors (Lipinski definition) is 4. The zero-order valence-corrected chi connectivity index (χ0v) is 26.5. The van der Waals surface area contributed by atoms with E-state index in [4.69, 9.17) is 14.4 Å². The molecule has 224 valence electrons. The van der Waals surface area contributed by atoms with Crippen molar-refractivity contribution in [2.45, 2.75) is 0 Å². The van der Waals surface area contributed by atoms with Crippen LogP contribution in [0.15, 0.2) is 162 Å². The largest absolute Gasteiger partial charge is 0.455 e. The van der Waals surface area contributed by atoms with Crippen LogP contribution >= 0.6 is 11.3 Å². The third-order valence-electron chi connectivity index (χ3n) is 9.31. The molecule has 4 heteroatoms. The molecule has 3 aromatic heterocycles. The topological polar surface area (TPSA) is 38.9 Å². The number of hydrogen-bond donors (Lipinski definition) is 0. The van der Waals surface area contributed by atoms with E-state index in [2.05, 4.69) is 152 Å². The molecule has 0 fully saturated rings. The molecule has 0 radical (unpaired) electrons. The highest BCUT2D eigenvalue weighted by Gasteiger charge is 2.19. The smallest absolute Gasteiger partial charge is 0.160 e. The molecule has 0 atom stereocenters. The van der Waals surface area contributed by atoms with Crippen LogP contribution in [0.25, 0.3) is 97.9 Å². The van der Waals surface area contributed by atoms with Gasteiger partial charge in [-0.1, -0.05) is 127 Å². The lowest BCUT2D eigenvalue weighted by molar-refractivity contribution is 0.672. The molecule has 0 aliphatic heterocycles. The number of furan rings is 1. The van der Waals surface area contributed by atoms with Crippen molar-refractivity contribution >= 4 is 64.4 Å². The Morgan fingerprint density at radius 3 is 1.85 bits per heavy atom. The van der Waals surface area contributed by atoms with Crippen molar-refractivity contribution < 1.29 is 4.42 Å². The van der Waals surface area contributed by atoms with E-state index < -0.39 is 0 Å². The molecule has 0 amide bonds. The van der Waals surface area contributed by atoms with Crippen LogP contribution < -0.4 is 0 Å². The van der Waals surface area contributed by atoms with E-state index in [1.165, 1.54) is 32.3 Å². The lowest BCUT2D eigenvalue weighted by Gasteiger charge is -2.09. The highest BCUT2D eigenvalue weighted by atomic mass is 32.1. The van der Waals surface area contributed by atoms with Crippen LogP contribution in [0, 0.1) is 0 Å². The second kappa shape index (κ2) is 10.7. The zero-order valence-electron chi connectivity index (χ0n) is 25.7. The van der Waals surface area contributed by atoms with Gasteiger partial charge in [0.25, 0.3) is 0 Å². The van der Waals surface area contributed by atoms with Gasteiger partial charge in [0, 0.05) is 37.4 Å². The fraction of sp³-hybridized carbons (Fsp3) is 0. The Morgan fingerprint density at radius 2 is 1.06 bits per heavy atom. The fourth-order valence-corrected chi connectivity index (χ4v) is 8.11. The van der Waals surface area contributed by atoms with Crippen molar-refractivity contribution in [3.63, 3.8) is 0 Å². The molecule has 0 bridgehead atoms. The van der Waals surface area contributed by atoms with Gasteiger partial charge in [-0.05, 0) is 58.0 Å². The Hall–Kier alpha value is -6.10. The molecule has 3 nitrogen and oxygen atoms in total. The Kier molecular flexibility index (Phi) is 6.05. The third-order valence-corrected chi connectivity index (χ3v) is 10.5. The van der Waals surface area contributed by atoms with Crippen LogP contribution in [0.1, 0.15) is 0 Å². The Morgan fingerprint density at radius 1 is 0.438 bits per heavy atom. The summed E-state index contributed by atoms with van der Waals surface area (Å²) >= 11 is 1.75. The summed E-state index contributed by atoms with van der Waals surface area (Å²) in [6, 6.07) is 55.4. The summed E-state index contributed by atoms with van der Waals surface area (Å²) in [6.07, 6.45) is 0. The maximum Gasteiger partial charge on any atom is 0.160 e. The van der Waals surface area contributed by atoms with E-state index in [9.17, 15) is 0 Å². The maximum absolute atomic E-state index is 6.56. The van der Waals surface area contributed by atoms with Crippen molar-refractivity contribution in [2.24, 2.45) is 0 Å². The molecule has 0 saturated heterocycles. The lowest BCUT2D eigenvalue weighted by atomic mass is 9.95. The number of thiophene rings is 1. The Balaban J connectivity index is 1.19. The molecule has 0 saturated carbocycles. The van der Waals surface area contributed by atoms with Crippen molar-refractivity contribution in [1.29, 1.82) is 0 Å². The van der Waals surface area contributed by atoms with E-state index >= 15 is 0 Å². The van der Waals surface area contributed by atoms with Crippen LogP contribution in [0.2, 0.25) is 0 Å². The molecule has 0 aliphatic carbocycles. The molecular weight excluding hydrogens is 605 g/mol. The average Bonchev–Trinajstić information content (AvgIpc) is 3.73. The first kappa shape index (κ1) is 27.1. The average molecular weight is 631 g/mol. The van der Waals surface area contributed by atoms with Crippen LogP contribution in [0.5, 0.6) is 0 Å². The summed E-state index contributed by atoms with van der Waals surface area (Å²) in [6.45, 7) is 0. The van der Waals surface area contributed by atoms with Crippen molar-refractivity contribution in [3.05, 3.63) is 158 Å². The first-order valence-electron chi connectivity index (χ1n) is 16.1. The van der Waals surface area contributed by atoms with Crippen LogP contribution in [-0.4, -0.2) is 9.97 Å². The predicted octanol–water partition coefficient (Wildman–Crippen LogP) is 12.6. The van der Waals surface area contributed by atoms with Gasteiger partial charge in [-0.25, -0.2) is 9.97 Å². The van der Waals surface area contributed by atoms with Crippen LogP contribution in [-0.2, 0) is 0 Å². The molecule has 0 N–H and O–H groups in total. The zero-order chi connectivity index (χ0) is 31.6. The molecule has 10 aromatic rings. The second-order valence-electron chi connectivity index (χ2n) is 12.1. The summed E-state index contributed by atoms with van der Waals surface area (Å²) in [4.78, 5) is 10.5. The molecule has 48 heavy (non-hydrogen) atoms. The minimum atomic E-state index is 0.702. The van der Waals surface area contributed by atoms with Crippen molar-refractivity contribution in [1.82, 2.24) is 9.97 Å². The van der Waals surface area contributed by atoms with Gasteiger partial charge >= 0.3 is 0 Å². The van der Waals surface area contributed by atoms with E-state index in [1.807, 2.05) is 6.07 Å². The van der Waals surface area contributed by atoms with Crippen molar-refractivity contribution in [3.8, 4) is 44.9 Å².